The van der Waals surface area contributed by atoms with Gasteiger partial charge in [0.2, 0.25) is 0 Å². The first-order valence-electron chi connectivity index (χ1n) is 5.63. The lowest BCUT2D eigenvalue weighted by Gasteiger charge is -2.31. The summed E-state index contributed by atoms with van der Waals surface area (Å²) in [4.78, 5) is 12.7. The van der Waals surface area contributed by atoms with E-state index in [0.717, 1.165) is 10.9 Å². The molecule has 1 aromatic heterocycles. The molecule has 0 aliphatic heterocycles. The topological polar surface area (TPSA) is 55.1 Å². The Morgan fingerprint density at radius 2 is 2.22 bits per heavy atom. The van der Waals surface area contributed by atoms with Gasteiger partial charge in [0.05, 0.1) is 10.4 Å². The first kappa shape index (κ1) is 17.9. The van der Waals surface area contributed by atoms with Crippen molar-refractivity contribution in [3.05, 3.63) is 20.8 Å². The molecule has 18 heavy (non-hydrogen) atoms. The molecule has 1 heterocycles. The highest BCUT2D eigenvalue weighted by Crippen LogP contribution is 2.21. The van der Waals surface area contributed by atoms with E-state index in [0.29, 0.717) is 17.3 Å². The lowest BCUT2D eigenvalue weighted by molar-refractivity contribution is 0.0902. The fraction of sp³-hybridized carbons (Fsp3) is 0.583. The van der Waals surface area contributed by atoms with Gasteiger partial charge in [0.1, 0.15) is 0 Å². The summed E-state index contributed by atoms with van der Waals surface area (Å²) in [6, 6.07) is 1.83. The third-order valence-electron chi connectivity index (χ3n) is 2.52. The van der Waals surface area contributed by atoms with E-state index in [9.17, 15) is 4.79 Å². The quantitative estimate of drug-likeness (QED) is 0.850. The molecule has 0 saturated carbocycles. The summed E-state index contributed by atoms with van der Waals surface area (Å²) in [5, 5.41) is 4.93. The minimum absolute atomic E-state index is 0. The average molecular weight is 356 g/mol. The van der Waals surface area contributed by atoms with Crippen molar-refractivity contribution in [1.29, 1.82) is 0 Å². The smallest absolute Gasteiger partial charge is 0.261 e. The van der Waals surface area contributed by atoms with Gasteiger partial charge in [-0.3, -0.25) is 4.79 Å². The Balaban J connectivity index is 0.00000289. The molecule has 0 aromatic carbocycles. The summed E-state index contributed by atoms with van der Waals surface area (Å²) in [6.07, 6.45) is 0.877. The number of nitrogens with two attached hydrogens (primary N) is 1. The van der Waals surface area contributed by atoms with Gasteiger partial charge in [-0.05, 0) is 41.3 Å². The van der Waals surface area contributed by atoms with E-state index in [1.807, 2.05) is 18.4 Å². The van der Waals surface area contributed by atoms with Gasteiger partial charge in [-0.2, -0.15) is 0 Å². The molecule has 1 unspecified atom stereocenters. The predicted molar refractivity (Wildman–Crippen MR) is 83.6 cm³/mol. The molecule has 0 saturated heterocycles. The molecule has 6 heteroatoms. The predicted octanol–water partition coefficient (Wildman–Crippen LogP) is 3.43. The van der Waals surface area contributed by atoms with E-state index in [4.69, 9.17) is 5.73 Å². The maximum atomic E-state index is 12.0. The van der Waals surface area contributed by atoms with Crippen LogP contribution in [0.25, 0.3) is 0 Å². The summed E-state index contributed by atoms with van der Waals surface area (Å²) >= 11 is 4.77. The molecule has 104 valence electrons. The Morgan fingerprint density at radius 1 is 1.61 bits per heavy atom. The van der Waals surface area contributed by atoms with Crippen molar-refractivity contribution in [2.45, 2.75) is 32.7 Å². The van der Waals surface area contributed by atoms with Crippen molar-refractivity contribution in [1.82, 2.24) is 5.32 Å². The minimum atomic E-state index is -0.332. The normalized spacial score (nSPS) is 13.9. The maximum absolute atomic E-state index is 12.0. The maximum Gasteiger partial charge on any atom is 0.261 e. The second-order valence-corrected chi connectivity index (χ2v) is 6.77. The Kier molecular flexibility index (Phi) is 7.44. The molecule has 0 fully saturated rings. The van der Waals surface area contributed by atoms with E-state index in [2.05, 4.69) is 35.1 Å². The van der Waals surface area contributed by atoms with Gasteiger partial charge in [-0.1, -0.05) is 13.8 Å². The number of amides is 1. The summed E-state index contributed by atoms with van der Waals surface area (Å²) in [5.74, 6) is 0.452. The standard InChI is InChI=1S/C12H19BrN2OS.ClH/c1-8(2)5-12(3,7-14)15-11(16)10-4-9(13)6-17-10;/h4,6,8H,5,7,14H2,1-3H3,(H,15,16);1H. The van der Waals surface area contributed by atoms with E-state index >= 15 is 0 Å². The van der Waals surface area contributed by atoms with Gasteiger partial charge in [0.25, 0.3) is 5.91 Å². The Morgan fingerprint density at radius 3 is 2.61 bits per heavy atom. The minimum Gasteiger partial charge on any atom is -0.345 e. The summed E-state index contributed by atoms with van der Waals surface area (Å²) in [5.41, 5.74) is 5.43. The molecule has 1 atom stereocenters. The van der Waals surface area contributed by atoms with Crippen molar-refractivity contribution in [2.75, 3.05) is 6.54 Å². The Hall–Kier alpha value is -0.100. The average Bonchev–Trinajstić information content (AvgIpc) is 2.63. The van der Waals surface area contributed by atoms with Crippen LogP contribution in [0, 0.1) is 5.92 Å². The van der Waals surface area contributed by atoms with E-state index in [1.54, 1.807) is 0 Å². The number of hydrogen-bond donors (Lipinski definition) is 2. The molecule has 0 aliphatic rings. The van der Waals surface area contributed by atoms with Crippen LogP contribution in [-0.4, -0.2) is 18.0 Å². The summed E-state index contributed by atoms with van der Waals surface area (Å²) in [6.45, 7) is 6.70. The fourth-order valence-electron chi connectivity index (χ4n) is 1.85. The highest BCUT2D eigenvalue weighted by molar-refractivity contribution is 9.10. The van der Waals surface area contributed by atoms with Crippen molar-refractivity contribution >= 4 is 45.6 Å². The van der Waals surface area contributed by atoms with Crippen molar-refractivity contribution in [2.24, 2.45) is 11.7 Å². The molecule has 0 spiro atoms. The van der Waals surface area contributed by atoms with Crippen LogP contribution >= 0.6 is 39.7 Å². The molecule has 3 nitrogen and oxygen atoms in total. The van der Waals surface area contributed by atoms with Gasteiger partial charge < -0.3 is 11.1 Å². The molecule has 1 aromatic rings. The third-order valence-corrected chi connectivity index (χ3v) is 4.21. The molecular weight excluding hydrogens is 336 g/mol. The largest absolute Gasteiger partial charge is 0.345 e. The Bertz CT molecular complexity index is 397. The number of thiophene rings is 1. The molecular formula is C12H20BrClN2OS. The van der Waals surface area contributed by atoms with E-state index in [-0.39, 0.29) is 23.9 Å². The van der Waals surface area contributed by atoms with Crippen LogP contribution in [0.2, 0.25) is 0 Å². The number of carbonyl (C=O) groups is 1. The second-order valence-electron chi connectivity index (χ2n) is 4.95. The van der Waals surface area contributed by atoms with Crippen LogP contribution in [0.5, 0.6) is 0 Å². The summed E-state index contributed by atoms with van der Waals surface area (Å²) in [7, 11) is 0. The van der Waals surface area contributed by atoms with Crippen molar-refractivity contribution in [3.8, 4) is 0 Å². The van der Waals surface area contributed by atoms with Gasteiger partial charge in [-0.25, -0.2) is 0 Å². The van der Waals surface area contributed by atoms with Crippen LogP contribution in [0.4, 0.5) is 0 Å². The van der Waals surface area contributed by atoms with E-state index in [1.165, 1.54) is 11.3 Å². The first-order valence-corrected chi connectivity index (χ1v) is 7.30. The zero-order valence-electron chi connectivity index (χ0n) is 10.8. The molecule has 0 bridgehead atoms. The fourth-order valence-corrected chi connectivity index (χ4v) is 3.18. The zero-order chi connectivity index (χ0) is 13.1. The third kappa shape index (κ3) is 5.26. The van der Waals surface area contributed by atoms with Gasteiger partial charge in [-0.15, -0.1) is 23.7 Å². The Labute approximate surface area is 127 Å². The molecule has 0 aliphatic carbocycles. The number of carbonyl (C=O) groups excluding carboxylic acids is 1. The van der Waals surface area contributed by atoms with Crippen LogP contribution in [0.1, 0.15) is 36.9 Å². The zero-order valence-corrected chi connectivity index (χ0v) is 14.0. The summed E-state index contributed by atoms with van der Waals surface area (Å²) < 4.78 is 0.936. The second kappa shape index (κ2) is 7.48. The lowest BCUT2D eigenvalue weighted by Crippen LogP contribution is -2.52. The lowest BCUT2D eigenvalue weighted by atomic mass is 9.90. The SMILES string of the molecule is CC(C)CC(C)(CN)NC(=O)c1cc(Br)cs1.Cl. The number of nitrogens with one attached hydrogen (secondary N) is 1. The van der Waals surface area contributed by atoms with Gasteiger partial charge in [0.15, 0.2) is 0 Å². The highest BCUT2D eigenvalue weighted by Gasteiger charge is 2.26. The molecule has 0 radical (unpaired) electrons. The molecule has 1 amide bonds. The number of rotatable bonds is 5. The van der Waals surface area contributed by atoms with Crippen LogP contribution in [0.3, 0.4) is 0 Å². The van der Waals surface area contributed by atoms with Gasteiger partial charge in [0, 0.05) is 16.4 Å². The molecule has 3 N–H and O–H groups in total. The van der Waals surface area contributed by atoms with E-state index < -0.39 is 0 Å². The van der Waals surface area contributed by atoms with Crippen LogP contribution in [-0.2, 0) is 0 Å². The number of halogens is 2. The van der Waals surface area contributed by atoms with Gasteiger partial charge >= 0.3 is 0 Å². The first-order chi connectivity index (χ1) is 7.86. The van der Waals surface area contributed by atoms with Crippen molar-refractivity contribution in [3.63, 3.8) is 0 Å². The monoisotopic (exact) mass is 354 g/mol. The molecule has 1 rings (SSSR count). The van der Waals surface area contributed by atoms with Crippen molar-refractivity contribution < 1.29 is 4.79 Å². The number of hydrogen-bond acceptors (Lipinski definition) is 3. The van der Waals surface area contributed by atoms with Crippen LogP contribution in [0.15, 0.2) is 15.9 Å². The van der Waals surface area contributed by atoms with Crippen LogP contribution < -0.4 is 11.1 Å². The highest BCUT2D eigenvalue weighted by atomic mass is 79.9.